The quantitative estimate of drug-likeness (QED) is 0.247. The maximum atomic E-state index is 11.2. The first-order chi connectivity index (χ1) is 14.4. The minimum absolute atomic E-state index is 0.0913. The number of hydrogen-bond donors (Lipinski definition) is 0. The smallest absolute Gasteiger partial charge is 0.288 e. The number of aromatic nitrogens is 2. The molecule has 4 rings (SSSR count). The van der Waals surface area contributed by atoms with Crippen molar-refractivity contribution in [1.82, 2.24) is 9.38 Å². The SMILES string of the molecule is CN(C)c1ccc(-c2nc3ccccn3c2/N=C/c2ccc(Cl)c([N+](=O)[O-])c2)cc1. The summed E-state index contributed by atoms with van der Waals surface area (Å²) in [6.07, 6.45) is 3.47. The molecule has 2 aromatic heterocycles. The van der Waals surface area contributed by atoms with Gasteiger partial charge in [-0.25, -0.2) is 9.98 Å². The number of hydrogen-bond acceptors (Lipinski definition) is 5. The number of halogens is 1. The van der Waals surface area contributed by atoms with Crippen LogP contribution in [-0.2, 0) is 0 Å². The second-order valence-electron chi connectivity index (χ2n) is 6.88. The first kappa shape index (κ1) is 19.6. The number of anilines is 1. The zero-order valence-electron chi connectivity index (χ0n) is 16.4. The third kappa shape index (κ3) is 3.75. The van der Waals surface area contributed by atoms with Crippen molar-refractivity contribution in [3.8, 4) is 11.3 Å². The van der Waals surface area contributed by atoms with Crippen molar-refractivity contribution in [2.45, 2.75) is 0 Å². The van der Waals surface area contributed by atoms with Crippen molar-refractivity contribution in [1.29, 1.82) is 0 Å². The van der Waals surface area contributed by atoms with E-state index in [0.29, 0.717) is 11.4 Å². The summed E-state index contributed by atoms with van der Waals surface area (Å²) in [5.74, 6) is 0.640. The van der Waals surface area contributed by atoms with Crippen LogP contribution in [0.4, 0.5) is 17.2 Å². The van der Waals surface area contributed by atoms with E-state index >= 15 is 0 Å². The van der Waals surface area contributed by atoms with Crippen molar-refractivity contribution < 1.29 is 4.92 Å². The highest BCUT2D eigenvalue weighted by Crippen LogP contribution is 2.32. The number of pyridine rings is 1. The van der Waals surface area contributed by atoms with Crippen LogP contribution in [0.5, 0.6) is 0 Å². The molecule has 0 amide bonds. The molecule has 7 nitrogen and oxygen atoms in total. The number of fused-ring (bicyclic) bond motifs is 1. The second-order valence-corrected chi connectivity index (χ2v) is 7.29. The van der Waals surface area contributed by atoms with Gasteiger partial charge in [-0.3, -0.25) is 14.5 Å². The Bertz CT molecular complexity index is 1260. The molecule has 0 aliphatic heterocycles. The lowest BCUT2D eigenvalue weighted by Crippen LogP contribution is -2.07. The van der Waals surface area contributed by atoms with Gasteiger partial charge in [0.05, 0.1) is 4.92 Å². The monoisotopic (exact) mass is 419 g/mol. The predicted octanol–water partition coefficient (Wildman–Crippen LogP) is 5.38. The van der Waals surface area contributed by atoms with Gasteiger partial charge in [0.1, 0.15) is 16.4 Å². The molecular formula is C22H18ClN5O2. The molecule has 30 heavy (non-hydrogen) atoms. The van der Waals surface area contributed by atoms with Gasteiger partial charge in [-0.15, -0.1) is 0 Å². The van der Waals surface area contributed by atoms with E-state index in [2.05, 4.69) is 4.99 Å². The molecule has 8 heteroatoms. The van der Waals surface area contributed by atoms with Gasteiger partial charge in [-0.1, -0.05) is 35.9 Å². The number of rotatable bonds is 5. The molecule has 0 saturated heterocycles. The normalized spacial score (nSPS) is 11.3. The highest BCUT2D eigenvalue weighted by Gasteiger charge is 2.15. The minimum atomic E-state index is -0.508. The van der Waals surface area contributed by atoms with E-state index in [1.807, 2.05) is 72.1 Å². The molecule has 0 radical (unpaired) electrons. The Labute approximate surface area is 178 Å². The fraction of sp³-hybridized carbons (Fsp3) is 0.0909. The highest BCUT2D eigenvalue weighted by molar-refractivity contribution is 6.32. The van der Waals surface area contributed by atoms with E-state index in [4.69, 9.17) is 16.6 Å². The molecular weight excluding hydrogens is 402 g/mol. The third-order valence-corrected chi connectivity index (χ3v) is 4.98. The summed E-state index contributed by atoms with van der Waals surface area (Å²) in [6, 6.07) is 18.4. The van der Waals surface area contributed by atoms with E-state index in [0.717, 1.165) is 22.6 Å². The highest BCUT2D eigenvalue weighted by atomic mass is 35.5. The summed E-state index contributed by atoms with van der Waals surface area (Å²) in [4.78, 5) is 22.0. The van der Waals surface area contributed by atoms with E-state index in [1.165, 1.54) is 12.1 Å². The van der Waals surface area contributed by atoms with Crippen LogP contribution < -0.4 is 4.90 Å². The lowest BCUT2D eigenvalue weighted by atomic mass is 10.1. The summed E-state index contributed by atoms with van der Waals surface area (Å²) >= 11 is 5.91. The van der Waals surface area contributed by atoms with Crippen LogP contribution in [0.15, 0.2) is 71.9 Å². The predicted molar refractivity (Wildman–Crippen MR) is 120 cm³/mol. The van der Waals surface area contributed by atoms with E-state index in [9.17, 15) is 10.1 Å². The van der Waals surface area contributed by atoms with Crippen LogP contribution in [0, 0.1) is 10.1 Å². The standard InChI is InChI=1S/C22H18ClN5O2/c1-26(2)17-9-7-16(8-10-17)21-22(27-12-4-3-5-20(27)25-21)24-14-15-6-11-18(23)19(13-15)28(29)30/h3-14H,1-2H3/b24-14+. The third-order valence-electron chi connectivity index (χ3n) is 4.66. The van der Waals surface area contributed by atoms with Crippen LogP contribution in [0.1, 0.15) is 5.56 Å². The summed E-state index contributed by atoms with van der Waals surface area (Å²) in [6.45, 7) is 0. The maximum absolute atomic E-state index is 11.2. The number of nitrogens with zero attached hydrogens (tertiary/aromatic N) is 5. The Morgan fingerprint density at radius 2 is 1.90 bits per heavy atom. The first-order valence-electron chi connectivity index (χ1n) is 9.17. The van der Waals surface area contributed by atoms with Crippen molar-refractivity contribution >= 4 is 40.7 Å². The van der Waals surface area contributed by atoms with Gasteiger partial charge in [0.15, 0.2) is 5.82 Å². The fourth-order valence-corrected chi connectivity index (χ4v) is 3.29. The van der Waals surface area contributed by atoms with Gasteiger partial charge in [-0.05, 0) is 35.9 Å². The first-order valence-corrected chi connectivity index (χ1v) is 9.54. The number of imidazole rings is 1. The van der Waals surface area contributed by atoms with Crippen molar-refractivity contribution in [2.24, 2.45) is 4.99 Å². The Morgan fingerprint density at radius 3 is 2.60 bits per heavy atom. The van der Waals surface area contributed by atoms with Crippen molar-refractivity contribution in [3.63, 3.8) is 0 Å². The van der Waals surface area contributed by atoms with Gasteiger partial charge in [0.25, 0.3) is 5.69 Å². The van der Waals surface area contributed by atoms with Gasteiger partial charge in [0, 0.05) is 43.8 Å². The molecule has 0 unspecified atom stereocenters. The molecule has 0 spiro atoms. The molecule has 2 aromatic carbocycles. The zero-order valence-corrected chi connectivity index (χ0v) is 17.1. The summed E-state index contributed by atoms with van der Waals surface area (Å²) in [5.41, 5.74) is 3.92. The van der Waals surface area contributed by atoms with E-state index in [-0.39, 0.29) is 10.7 Å². The van der Waals surface area contributed by atoms with Gasteiger partial charge < -0.3 is 4.90 Å². The Hall–Kier alpha value is -3.71. The Kier molecular flexibility index (Phi) is 5.20. The van der Waals surface area contributed by atoms with Crippen LogP contribution in [-0.4, -0.2) is 34.6 Å². The Balaban J connectivity index is 1.80. The Morgan fingerprint density at radius 1 is 1.13 bits per heavy atom. The molecule has 150 valence electrons. The summed E-state index contributed by atoms with van der Waals surface area (Å²) in [5, 5.41) is 11.2. The number of benzene rings is 2. The van der Waals surface area contributed by atoms with Crippen molar-refractivity contribution in [3.05, 3.63) is 87.6 Å². The van der Waals surface area contributed by atoms with Gasteiger partial charge in [-0.2, -0.15) is 0 Å². The molecule has 0 bridgehead atoms. The molecule has 0 aliphatic carbocycles. The fourth-order valence-electron chi connectivity index (χ4n) is 3.10. The van der Waals surface area contributed by atoms with E-state index in [1.54, 1.807) is 12.3 Å². The van der Waals surface area contributed by atoms with Crippen molar-refractivity contribution in [2.75, 3.05) is 19.0 Å². The molecule has 4 aromatic rings. The summed E-state index contributed by atoms with van der Waals surface area (Å²) < 4.78 is 1.88. The lowest BCUT2D eigenvalue weighted by Gasteiger charge is -2.12. The second kappa shape index (κ2) is 7.96. The minimum Gasteiger partial charge on any atom is -0.378 e. The average molecular weight is 420 g/mol. The number of aliphatic imine (C=N–C) groups is 1. The van der Waals surface area contributed by atoms with Crippen LogP contribution in [0.25, 0.3) is 16.9 Å². The average Bonchev–Trinajstić information content (AvgIpc) is 3.11. The molecule has 0 N–H and O–H groups in total. The lowest BCUT2D eigenvalue weighted by molar-refractivity contribution is -0.384. The molecule has 0 saturated carbocycles. The van der Waals surface area contributed by atoms with Crippen LogP contribution in [0.3, 0.4) is 0 Å². The molecule has 0 aliphatic rings. The topological polar surface area (TPSA) is 76.0 Å². The largest absolute Gasteiger partial charge is 0.378 e. The molecule has 0 fully saturated rings. The van der Waals surface area contributed by atoms with Crippen LogP contribution >= 0.6 is 11.6 Å². The molecule has 2 heterocycles. The molecule has 0 atom stereocenters. The zero-order chi connectivity index (χ0) is 21.3. The maximum Gasteiger partial charge on any atom is 0.288 e. The van der Waals surface area contributed by atoms with Gasteiger partial charge in [0.2, 0.25) is 0 Å². The number of nitro benzene ring substituents is 1. The number of nitro groups is 1. The summed E-state index contributed by atoms with van der Waals surface area (Å²) in [7, 11) is 3.97. The van der Waals surface area contributed by atoms with Crippen LogP contribution in [0.2, 0.25) is 5.02 Å². The van der Waals surface area contributed by atoms with E-state index < -0.39 is 4.92 Å². The van der Waals surface area contributed by atoms with Gasteiger partial charge >= 0.3 is 0 Å².